The minimum absolute atomic E-state index is 0.0819. The molecule has 1 aliphatic rings. The van der Waals surface area contributed by atoms with Gasteiger partial charge < -0.3 is 10.5 Å². The van der Waals surface area contributed by atoms with Gasteiger partial charge in [-0.1, -0.05) is 6.07 Å². The Labute approximate surface area is 91.2 Å². The van der Waals surface area contributed by atoms with Crippen LogP contribution in [0.15, 0.2) is 18.2 Å². The van der Waals surface area contributed by atoms with E-state index in [1.54, 1.807) is 0 Å². The SMILES string of the molecule is COc1ccc(C2(N)CC(F)(F)C2)cc1F. The van der Waals surface area contributed by atoms with Gasteiger partial charge in [0.15, 0.2) is 11.6 Å². The molecule has 1 aromatic carbocycles. The largest absolute Gasteiger partial charge is 0.494 e. The van der Waals surface area contributed by atoms with Crippen molar-refractivity contribution in [1.82, 2.24) is 0 Å². The lowest BCUT2D eigenvalue weighted by molar-refractivity contribution is -0.125. The monoisotopic (exact) mass is 231 g/mol. The van der Waals surface area contributed by atoms with Gasteiger partial charge in [0.05, 0.1) is 12.6 Å². The molecule has 1 saturated carbocycles. The van der Waals surface area contributed by atoms with Gasteiger partial charge in [0.25, 0.3) is 5.92 Å². The molecule has 0 atom stereocenters. The van der Waals surface area contributed by atoms with Gasteiger partial charge >= 0.3 is 0 Å². The van der Waals surface area contributed by atoms with E-state index in [1.165, 1.54) is 19.2 Å². The number of rotatable bonds is 2. The van der Waals surface area contributed by atoms with Gasteiger partial charge in [0.1, 0.15) is 0 Å². The molecule has 2 N–H and O–H groups in total. The van der Waals surface area contributed by atoms with E-state index in [1.807, 2.05) is 0 Å². The molecule has 0 aromatic heterocycles. The first kappa shape index (κ1) is 11.3. The van der Waals surface area contributed by atoms with Gasteiger partial charge in [-0.15, -0.1) is 0 Å². The van der Waals surface area contributed by atoms with E-state index in [0.29, 0.717) is 5.56 Å². The quantitative estimate of drug-likeness (QED) is 0.848. The Hall–Kier alpha value is -1.23. The van der Waals surface area contributed by atoms with Gasteiger partial charge in [0.2, 0.25) is 0 Å². The topological polar surface area (TPSA) is 35.2 Å². The number of benzene rings is 1. The Kier molecular flexibility index (Phi) is 2.38. The molecule has 2 nitrogen and oxygen atoms in total. The first-order valence-electron chi connectivity index (χ1n) is 4.87. The summed E-state index contributed by atoms with van der Waals surface area (Å²) in [6.45, 7) is 0. The summed E-state index contributed by atoms with van der Waals surface area (Å²) in [5.41, 5.74) is 5.04. The molecule has 0 amide bonds. The summed E-state index contributed by atoms with van der Waals surface area (Å²) >= 11 is 0. The molecule has 1 fully saturated rings. The zero-order valence-corrected chi connectivity index (χ0v) is 8.77. The molecule has 16 heavy (non-hydrogen) atoms. The van der Waals surface area contributed by atoms with Crippen LogP contribution in [-0.4, -0.2) is 13.0 Å². The minimum Gasteiger partial charge on any atom is -0.494 e. The molecule has 5 heteroatoms. The maximum absolute atomic E-state index is 13.4. The Balaban J connectivity index is 2.26. The molecule has 0 spiro atoms. The summed E-state index contributed by atoms with van der Waals surface area (Å²) in [5, 5.41) is 0. The maximum atomic E-state index is 13.4. The molecule has 1 aliphatic carbocycles. The van der Waals surface area contributed by atoms with Crippen LogP contribution in [0.5, 0.6) is 5.75 Å². The van der Waals surface area contributed by atoms with Crippen molar-refractivity contribution in [3.05, 3.63) is 29.6 Å². The zero-order chi connectivity index (χ0) is 12.0. The third-order valence-electron chi connectivity index (χ3n) is 2.87. The summed E-state index contributed by atoms with van der Waals surface area (Å²) < 4.78 is 43.6. The smallest absolute Gasteiger partial charge is 0.252 e. The van der Waals surface area contributed by atoms with Crippen LogP contribution in [-0.2, 0) is 5.54 Å². The molecule has 0 saturated heterocycles. The van der Waals surface area contributed by atoms with Crippen molar-refractivity contribution >= 4 is 0 Å². The second-order valence-electron chi connectivity index (χ2n) is 4.21. The lowest BCUT2D eigenvalue weighted by atomic mass is 9.70. The molecule has 0 radical (unpaired) electrons. The van der Waals surface area contributed by atoms with Crippen LogP contribution >= 0.6 is 0 Å². The highest BCUT2D eigenvalue weighted by Crippen LogP contribution is 2.50. The first-order chi connectivity index (χ1) is 7.36. The number of halogens is 3. The van der Waals surface area contributed by atoms with Crippen LogP contribution in [0.25, 0.3) is 0 Å². The van der Waals surface area contributed by atoms with Crippen LogP contribution in [0.1, 0.15) is 18.4 Å². The fraction of sp³-hybridized carbons (Fsp3) is 0.455. The van der Waals surface area contributed by atoms with E-state index >= 15 is 0 Å². The van der Waals surface area contributed by atoms with Crippen LogP contribution in [0.3, 0.4) is 0 Å². The van der Waals surface area contributed by atoms with Crippen molar-refractivity contribution < 1.29 is 17.9 Å². The summed E-state index contributed by atoms with van der Waals surface area (Å²) in [4.78, 5) is 0. The van der Waals surface area contributed by atoms with Crippen LogP contribution in [0.4, 0.5) is 13.2 Å². The van der Waals surface area contributed by atoms with E-state index in [2.05, 4.69) is 0 Å². The fourth-order valence-electron chi connectivity index (χ4n) is 2.05. The van der Waals surface area contributed by atoms with E-state index in [9.17, 15) is 13.2 Å². The molecule has 0 aliphatic heterocycles. The Bertz CT molecular complexity index is 412. The number of hydrogen-bond donors (Lipinski definition) is 1. The van der Waals surface area contributed by atoms with Gasteiger partial charge in [-0.3, -0.25) is 0 Å². The summed E-state index contributed by atoms with van der Waals surface area (Å²) in [7, 11) is 1.34. The van der Waals surface area contributed by atoms with Gasteiger partial charge in [0, 0.05) is 12.8 Å². The zero-order valence-electron chi connectivity index (χ0n) is 8.77. The first-order valence-corrected chi connectivity index (χ1v) is 4.87. The van der Waals surface area contributed by atoms with E-state index in [-0.39, 0.29) is 5.75 Å². The highest BCUT2D eigenvalue weighted by Gasteiger charge is 2.55. The minimum atomic E-state index is -2.73. The van der Waals surface area contributed by atoms with Crippen molar-refractivity contribution in [2.24, 2.45) is 5.73 Å². The standard InChI is InChI=1S/C11H12F3NO/c1-16-9-3-2-7(4-8(9)12)10(15)5-11(13,14)6-10/h2-4H,5-6,15H2,1H3. The summed E-state index contributed by atoms with van der Waals surface area (Å²) in [6, 6.07) is 4.08. The number of nitrogens with two attached hydrogens (primary N) is 1. The third kappa shape index (κ3) is 1.75. The molecule has 2 rings (SSSR count). The highest BCUT2D eigenvalue weighted by atomic mass is 19.3. The summed E-state index contributed by atoms with van der Waals surface area (Å²) in [5.74, 6) is -3.23. The predicted molar refractivity (Wildman–Crippen MR) is 53.0 cm³/mol. The highest BCUT2D eigenvalue weighted by molar-refractivity contribution is 5.35. The van der Waals surface area contributed by atoms with Gasteiger partial charge in [-0.25, -0.2) is 13.2 Å². The van der Waals surface area contributed by atoms with Crippen molar-refractivity contribution in [3.63, 3.8) is 0 Å². The molecule has 0 heterocycles. The second kappa shape index (κ2) is 3.38. The summed E-state index contributed by atoms with van der Waals surface area (Å²) in [6.07, 6.45) is -0.877. The normalized spacial score (nSPS) is 21.3. The molecule has 88 valence electrons. The number of ether oxygens (including phenoxy) is 1. The van der Waals surface area contributed by atoms with Crippen molar-refractivity contribution in [2.75, 3.05) is 7.11 Å². The van der Waals surface area contributed by atoms with Crippen LogP contribution in [0.2, 0.25) is 0 Å². The Morgan fingerprint density at radius 3 is 2.38 bits per heavy atom. The average molecular weight is 231 g/mol. The van der Waals surface area contributed by atoms with E-state index < -0.39 is 30.1 Å². The number of methoxy groups -OCH3 is 1. The third-order valence-corrected chi connectivity index (χ3v) is 2.87. The Morgan fingerprint density at radius 2 is 1.94 bits per heavy atom. The van der Waals surface area contributed by atoms with Crippen molar-refractivity contribution in [1.29, 1.82) is 0 Å². The van der Waals surface area contributed by atoms with Crippen molar-refractivity contribution in [2.45, 2.75) is 24.3 Å². The predicted octanol–water partition coefficient (Wildman–Crippen LogP) is 2.42. The fourth-order valence-corrected chi connectivity index (χ4v) is 2.05. The lowest BCUT2D eigenvalue weighted by Gasteiger charge is -2.44. The van der Waals surface area contributed by atoms with E-state index in [4.69, 9.17) is 10.5 Å². The number of alkyl halides is 2. The molecular formula is C11H12F3NO. The molecule has 0 bridgehead atoms. The van der Waals surface area contributed by atoms with Crippen molar-refractivity contribution in [3.8, 4) is 5.75 Å². The lowest BCUT2D eigenvalue weighted by Crippen LogP contribution is -2.55. The Morgan fingerprint density at radius 1 is 1.31 bits per heavy atom. The van der Waals surface area contributed by atoms with Crippen LogP contribution in [0, 0.1) is 5.82 Å². The van der Waals surface area contributed by atoms with Gasteiger partial charge in [-0.2, -0.15) is 0 Å². The van der Waals surface area contributed by atoms with Gasteiger partial charge in [-0.05, 0) is 17.7 Å². The van der Waals surface area contributed by atoms with E-state index in [0.717, 1.165) is 6.07 Å². The second-order valence-corrected chi connectivity index (χ2v) is 4.21. The number of hydrogen-bond acceptors (Lipinski definition) is 2. The molecule has 0 unspecified atom stereocenters. The molecular weight excluding hydrogens is 219 g/mol. The average Bonchev–Trinajstić information content (AvgIpc) is 2.14. The van der Waals surface area contributed by atoms with Crippen LogP contribution < -0.4 is 10.5 Å². The molecule has 1 aromatic rings. The maximum Gasteiger partial charge on any atom is 0.252 e.